The van der Waals surface area contributed by atoms with Crippen LogP contribution < -0.4 is 0 Å². The van der Waals surface area contributed by atoms with E-state index in [2.05, 4.69) is 10.2 Å². The Labute approximate surface area is 132 Å². The third-order valence-corrected chi connectivity index (χ3v) is 4.32. The van der Waals surface area contributed by atoms with Crippen LogP contribution in [0, 0.1) is 5.82 Å². The maximum atomic E-state index is 13.1. The molecule has 0 radical (unpaired) electrons. The van der Waals surface area contributed by atoms with E-state index in [1.165, 1.54) is 12.1 Å². The van der Waals surface area contributed by atoms with Gasteiger partial charge in [0.05, 0.1) is 11.2 Å². The number of aromatic nitrogens is 2. The third-order valence-electron chi connectivity index (χ3n) is 4.32. The molecule has 0 spiro atoms. The lowest BCUT2D eigenvalue weighted by Crippen LogP contribution is -2.27. The molecule has 116 valence electrons. The zero-order valence-corrected chi connectivity index (χ0v) is 12.6. The number of benzene rings is 2. The molecule has 5 heteroatoms. The lowest BCUT2D eigenvalue weighted by molar-refractivity contribution is 0.0793. The number of hydrogen-bond donors (Lipinski definition) is 1. The molecule has 2 aromatic carbocycles. The van der Waals surface area contributed by atoms with Crippen LogP contribution >= 0.6 is 0 Å². The van der Waals surface area contributed by atoms with Crippen LogP contribution in [0.15, 0.2) is 42.5 Å². The molecule has 0 unspecified atom stereocenters. The number of nitrogens with zero attached hydrogens (tertiary/aromatic N) is 2. The molecule has 4 rings (SSSR count). The van der Waals surface area contributed by atoms with Gasteiger partial charge in [-0.25, -0.2) is 4.39 Å². The van der Waals surface area contributed by atoms with Gasteiger partial charge in [-0.05, 0) is 55.3 Å². The normalized spacial score (nSPS) is 14.6. The SMILES string of the molecule is O=C(c1ccc2[nH]nc(-c3ccc(F)cc3)c2c1)N1CCCC1. The minimum Gasteiger partial charge on any atom is -0.339 e. The first kappa shape index (κ1) is 13.9. The van der Waals surface area contributed by atoms with Crippen LogP contribution in [0.5, 0.6) is 0 Å². The molecule has 1 N–H and O–H groups in total. The van der Waals surface area contributed by atoms with Crippen LogP contribution in [0.3, 0.4) is 0 Å². The highest BCUT2D eigenvalue weighted by molar-refractivity contribution is 6.01. The number of carbonyl (C=O) groups excluding carboxylic acids is 1. The smallest absolute Gasteiger partial charge is 0.253 e. The molecule has 0 saturated carbocycles. The molecule has 0 atom stereocenters. The Kier molecular flexibility index (Phi) is 3.33. The average Bonchev–Trinajstić information content (AvgIpc) is 3.24. The van der Waals surface area contributed by atoms with Gasteiger partial charge in [0.1, 0.15) is 5.82 Å². The van der Waals surface area contributed by atoms with E-state index in [9.17, 15) is 9.18 Å². The number of fused-ring (bicyclic) bond motifs is 1. The van der Waals surface area contributed by atoms with Gasteiger partial charge in [-0.2, -0.15) is 5.10 Å². The minimum absolute atomic E-state index is 0.0654. The first-order valence-corrected chi connectivity index (χ1v) is 7.76. The molecule has 23 heavy (non-hydrogen) atoms. The van der Waals surface area contributed by atoms with E-state index in [1.807, 2.05) is 23.1 Å². The van der Waals surface area contributed by atoms with Gasteiger partial charge in [0, 0.05) is 29.6 Å². The molecule has 0 bridgehead atoms. The Balaban J connectivity index is 1.76. The van der Waals surface area contributed by atoms with Gasteiger partial charge in [-0.3, -0.25) is 9.89 Å². The van der Waals surface area contributed by atoms with Crippen molar-refractivity contribution in [2.45, 2.75) is 12.8 Å². The number of H-pyrrole nitrogens is 1. The number of carbonyl (C=O) groups is 1. The fourth-order valence-corrected chi connectivity index (χ4v) is 3.08. The lowest BCUT2D eigenvalue weighted by atomic mass is 10.0. The van der Waals surface area contributed by atoms with E-state index in [0.717, 1.165) is 48.1 Å². The van der Waals surface area contributed by atoms with E-state index in [0.29, 0.717) is 5.56 Å². The predicted octanol–water partition coefficient (Wildman–Crippen LogP) is 3.61. The molecule has 2 heterocycles. The fourth-order valence-electron chi connectivity index (χ4n) is 3.08. The van der Waals surface area contributed by atoms with Crippen LogP contribution in [0.25, 0.3) is 22.2 Å². The van der Waals surface area contributed by atoms with Crippen molar-refractivity contribution in [3.8, 4) is 11.3 Å². The summed E-state index contributed by atoms with van der Waals surface area (Å²) >= 11 is 0. The number of hydrogen-bond acceptors (Lipinski definition) is 2. The molecule has 3 aromatic rings. The Morgan fingerprint density at radius 1 is 1.09 bits per heavy atom. The summed E-state index contributed by atoms with van der Waals surface area (Å²) in [7, 11) is 0. The standard InChI is InChI=1S/C18H16FN3O/c19-14-6-3-12(4-7-14)17-15-11-13(5-8-16(15)20-21-17)18(23)22-9-1-2-10-22/h3-8,11H,1-2,9-10H2,(H,20,21). The van der Waals surface area contributed by atoms with Gasteiger partial charge < -0.3 is 4.90 Å². The Bertz CT molecular complexity index is 864. The first-order chi connectivity index (χ1) is 11.2. The molecule has 1 amide bonds. The van der Waals surface area contributed by atoms with E-state index in [-0.39, 0.29) is 11.7 Å². The highest BCUT2D eigenvalue weighted by Gasteiger charge is 2.20. The molecular weight excluding hydrogens is 293 g/mol. The molecule has 0 aliphatic carbocycles. The van der Waals surface area contributed by atoms with Crippen molar-refractivity contribution in [2.75, 3.05) is 13.1 Å². The van der Waals surface area contributed by atoms with Gasteiger partial charge in [-0.1, -0.05) is 0 Å². The maximum Gasteiger partial charge on any atom is 0.253 e. The number of aromatic amines is 1. The van der Waals surface area contributed by atoms with Crippen molar-refractivity contribution >= 4 is 16.8 Å². The predicted molar refractivity (Wildman–Crippen MR) is 86.6 cm³/mol. The van der Waals surface area contributed by atoms with E-state index in [1.54, 1.807) is 12.1 Å². The average molecular weight is 309 g/mol. The van der Waals surface area contributed by atoms with Crippen LogP contribution in [0.2, 0.25) is 0 Å². The zero-order valence-electron chi connectivity index (χ0n) is 12.6. The van der Waals surface area contributed by atoms with Gasteiger partial charge >= 0.3 is 0 Å². The first-order valence-electron chi connectivity index (χ1n) is 7.76. The number of likely N-dealkylation sites (tertiary alicyclic amines) is 1. The third kappa shape index (κ3) is 2.48. The van der Waals surface area contributed by atoms with Crippen molar-refractivity contribution < 1.29 is 9.18 Å². The van der Waals surface area contributed by atoms with Crippen molar-refractivity contribution in [2.24, 2.45) is 0 Å². The number of halogens is 1. The van der Waals surface area contributed by atoms with Crippen molar-refractivity contribution in [3.05, 3.63) is 53.8 Å². The Morgan fingerprint density at radius 2 is 1.83 bits per heavy atom. The van der Waals surface area contributed by atoms with Gasteiger partial charge in [-0.15, -0.1) is 0 Å². The summed E-state index contributed by atoms with van der Waals surface area (Å²) in [5.74, 6) is -0.214. The number of rotatable bonds is 2. The maximum absolute atomic E-state index is 13.1. The zero-order chi connectivity index (χ0) is 15.8. The summed E-state index contributed by atoms with van der Waals surface area (Å²) in [5, 5.41) is 8.17. The molecule has 4 nitrogen and oxygen atoms in total. The van der Waals surface area contributed by atoms with E-state index < -0.39 is 0 Å². The second-order valence-electron chi connectivity index (χ2n) is 5.84. The van der Waals surface area contributed by atoms with Crippen molar-refractivity contribution in [1.29, 1.82) is 0 Å². The van der Waals surface area contributed by atoms with Crippen LogP contribution in [0.4, 0.5) is 4.39 Å². The van der Waals surface area contributed by atoms with Gasteiger partial charge in [0.15, 0.2) is 0 Å². The van der Waals surface area contributed by atoms with Gasteiger partial charge in [0.25, 0.3) is 5.91 Å². The van der Waals surface area contributed by atoms with Gasteiger partial charge in [0.2, 0.25) is 0 Å². The lowest BCUT2D eigenvalue weighted by Gasteiger charge is -2.15. The van der Waals surface area contributed by atoms with Crippen LogP contribution in [0.1, 0.15) is 23.2 Å². The summed E-state index contributed by atoms with van der Waals surface area (Å²) in [6.45, 7) is 1.65. The molecule has 1 saturated heterocycles. The quantitative estimate of drug-likeness (QED) is 0.786. The number of nitrogens with one attached hydrogen (secondary N) is 1. The van der Waals surface area contributed by atoms with E-state index >= 15 is 0 Å². The fraction of sp³-hybridized carbons (Fsp3) is 0.222. The van der Waals surface area contributed by atoms with E-state index in [4.69, 9.17) is 0 Å². The molecule has 1 aliphatic heterocycles. The van der Waals surface area contributed by atoms with Crippen molar-refractivity contribution in [1.82, 2.24) is 15.1 Å². The largest absolute Gasteiger partial charge is 0.339 e. The van der Waals surface area contributed by atoms with Crippen LogP contribution in [-0.2, 0) is 0 Å². The highest BCUT2D eigenvalue weighted by atomic mass is 19.1. The monoisotopic (exact) mass is 309 g/mol. The Morgan fingerprint density at radius 3 is 2.57 bits per heavy atom. The molecular formula is C18H16FN3O. The summed E-state index contributed by atoms with van der Waals surface area (Å²) in [6, 6.07) is 11.8. The van der Waals surface area contributed by atoms with Crippen molar-refractivity contribution in [3.63, 3.8) is 0 Å². The second kappa shape index (κ2) is 5.50. The Hall–Kier alpha value is -2.69. The highest BCUT2D eigenvalue weighted by Crippen LogP contribution is 2.28. The number of amides is 1. The second-order valence-corrected chi connectivity index (χ2v) is 5.84. The molecule has 1 aliphatic rings. The molecule has 1 fully saturated rings. The summed E-state index contributed by atoms with van der Waals surface area (Å²) in [4.78, 5) is 14.4. The summed E-state index contributed by atoms with van der Waals surface area (Å²) in [5.41, 5.74) is 3.09. The summed E-state index contributed by atoms with van der Waals surface area (Å²) in [6.07, 6.45) is 2.14. The summed E-state index contributed by atoms with van der Waals surface area (Å²) < 4.78 is 13.1. The topological polar surface area (TPSA) is 49.0 Å². The minimum atomic E-state index is -0.279. The van der Waals surface area contributed by atoms with Crippen LogP contribution in [-0.4, -0.2) is 34.1 Å². The molecule has 1 aromatic heterocycles.